The van der Waals surface area contributed by atoms with Gasteiger partial charge < -0.3 is 5.11 Å². The van der Waals surface area contributed by atoms with Gasteiger partial charge in [-0.05, 0) is 37.8 Å². The van der Waals surface area contributed by atoms with E-state index in [1.807, 2.05) is 44.2 Å². The van der Waals surface area contributed by atoms with Gasteiger partial charge in [0.05, 0.1) is 5.60 Å². The summed E-state index contributed by atoms with van der Waals surface area (Å²) in [4.78, 5) is 0. The van der Waals surface area contributed by atoms with Crippen LogP contribution in [0.5, 0.6) is 0 Å². The molecule has 0 unspecified atom stereocenters. The third-order valence-corrected chi connectivity index (χ3v) is 3.39. The van der Waals surface area contributed by atoms with E-state index in [0.29, 0.717) is 6.42 Å². The summed E-state index contributed by atoms with van der Waals surface area (Å²) in [5.74, 6) is 0. The van der Waals surface area contributed by atoms with Gasteiger partial charge >= 0.3 is 0 Å². The molecule has 0 amide bonds. The smallest absolute Gasteiger partial charge is 0.0631 e. The Morgan fingerprint density at radius 2 is 1.27 bits per heavy atom. The van der Waals surface area contributed by atoms with Gasteiger partial charge in [0.25, 0.3) is 0 Å². The van der Waals surface area contributed by atoms with Crippen molar-refractivity contribution in [2.24, 2.45) is 0 Å². The van der Waals surface area contributed by atoms with E-state index in [1.54, 1.807) is 0 Å². The standard InChI is InChI=1S/C11H16.C10H14O/c1-2-3-5-8-11-9-6-4-7-10-11;1-10(2,11)8-9-6-4-3-5-7-9/h4,6-7,9-10H,2-3,5,8H2,1H3;3-7,11H,8H2,1-2H3. The number of benzene rings is 2. The molecule has 0 spiro atoms. The molecule has 0 aromatic heterocycles. The van der Waals surface area contributed by atoms with Gasteiger partial charge in [-0.2, -0.15) is 0 Å². The molecule has 2 rings (SSSR count). The first-order chi connectivity index (χ1) is 10.5. The Balaban J connectivity index is 0.000000220. The number of aryl methyl sites for hydroxylation is 1. The highest BCUT2D eigenvalue weighted by atomic mass is 16.3. The molecule has 0 fully saturated rings. The molecule has 120 valence electrons. The topological polar surface area (TPSA) is 20.2 Å². The van der Waals surface area contributed by atoms with Crippen LogP contribution in [0.25, 0.3) is 0 Å². The average molecular weight is 298 g/mol. The van der Waals surface area contributed by atoms with Crippen LogP contribution in [0.4, 0.5) is 0 Å². The first-order valence-electron chi connectivity index (χ1n) is 8.31. The van der Waals surface area contributed by atoms with Crippen molar-refractivity contribution in [2.45, 2.75) is 58.5 Å². The van der Waals surface area contributed by atoms with Crippen LogP contribution in [-0.4, -0.2) is 10.7 Å². The Labute approximate surface area is 136 Å². The second-order valence-corrected chi connectivity index (χ2v) is 6.42. The van der Waals surface area contributed by atoms with E-state index >= 15 is 0 Å². The molecule has 2 aromatic rings. The first kappa shape index (κ1) is 18.4. The Bertz CT molecular complexity index is 482. The lowest BCUT2D eigenvalue weighted by molar-refractivity contribution is 0.0810. The average Bonchev–Trinajstić information content (AvgIpc) is 2.49. The molecule has 1 nitrogen and oxygen atoms in total. The normalized spacial score (nSPS) is 10.7. The summed E-state index contributed by atoms with van der Waals surface area (Å²) in [5.41, 5.74) is 2.06. The molecule has 0 saturated heterocycles. The molecular formula is C21H30O. The van der Waals surface area contributed by atoms with E-state index in [2.05, 4.69) is 37.3 Å². The maximum absolute atomic E-state index is 9.47. The molecule has 22 heavy (non-hydrogen) atoms. The summed E-state index contributed by atoms with van der Waals surface area (Å²) in [6, 6.07) is 20.7. The van der Waals surface area contributed by atoms with Gasteiger partial charge in [-0.25, -0.2) is 0 Å². The van der Waals surface area contributed by atoms with Crippen LogP contribution in [0.3, 0.4) is 0 Å². The van der Waals surface area contributed by atoms with Gasteiger partial charge in [-0.15, -0.1) is 0 Å². The van der Waals surface area contributed by atoms with Gasteiger partial charge in [0, 0.05) is 6.42 Å². The highest BCUT2D eigenvalue weighted by Crippen LogP contribution is 2.11. The zero-order chi connectivity index (χ0) is 16.3. The molecule has 0 bridgehead atoms. The fourth-order valence-electron chi connectivity index (χ4n) is 2.32. The van der Waals surface area contributed by atoms with Crippen LogP contribution in [0, 0.1) is 0 Å². The summed E-state index contributed by atoms with van der Waals surface area (Å²) < 4.78 is 0. The molecule has 2 aromatic carbocycles. The summed E-state index contributed by atoms with van der Waals surface area (Å²) in [6.45, 7) is 5.88. The fourth-order valence-corrected chi connectivity index (χ4v) is 2.32. The molecule has 0 aliphatic rings. The highest BCUT2D eigenvalue weighted by molar-refractivity contribution is 5.16. The number of hydrogen-bond donors (Lipinski definition) is 1. The van der Waals surface area contributed by atoms with Crippen molar-refractivity contribution in [3.63, 3.8) is 0 Å². The van der Waals surface area contributed by atoms with Crippen LogP contribution >= 0.6 is 0 Å². The molecular weight excluding hydrogens is 268 g/mol. The lowest BCUT2D eigenvalue weighted by Gasteiger charge is -2.16. The van der Waals surface area contributed by atoms with Crippen molar-refractivity contribution < 1.29 is 5.11 Å². The second kappa shape index (κ2) is 10.2. The van der Waals surface area contributed by atoms with E-state index in [9.17, 15) is 5.11 Å². The SMILES string of the molecule is CC(C)(O)Cc1ccccc1.CCCCCc1ccccc1. The van der Waals surface area contributed by atoms with Crippen LogP contribution in [0.2, 0.25) is 0 Å². The van der Waals surface area contributed by atoms with E-state index in [-0.39, 0.29) is 0 Å². The predicted molar refractivity (Wildman–Crippen MR) is 96.1 cm³/mol. The highest BCUT2D eigenvalue weighted by Gasteiger charge is 2.12. The van der Waals surface area contributed by atoms with Crippen LogP contribution in [0.15, 0.2) is 60.7 Å². The van der Waals surface area contributed by atoms with Gasteiger partial charge in [0.2, 0.25) is 0 Å². The van der Waals surface area contributed by atoms with E-state index in [0.717, 1.165) is 0 Å². The maximum Gasteiger partial charge on any atom is 0.0631 e. The Hall–Kier alpha value is -1.60. The number of hydrogen-bond acceptors (Lipinski definition) is 1. The summed E-state index contributed by atoms with van der Waals surface area (Å²) in [6.07, 6.45) is 5.96. The van der Waals surface area contributed by atoms with E-state index < -0.39 is 5.60 Å². The lowest BCUT2D eigenvalue weighted by Crippen LogP contribution is -2.21. The Kier molecular flexibility index (Phi) is 8.54. The molecule has 0 heterocycles. The monoisotopic (exact) mass is 298 g/mol. The van der Waals surface area contributed by atoms with Gasteiger partial charge in [-0.3, -0.25) is 0 Å². The lowest BCUT2D eigenvalue weighted by atomic mass is 9.99. The van der Waals surface area contributed by atoms with Gasteiger partial charge in [0.1, 0.15) is 0 Å². The minimum Gasteiger partial charge on any atom is -0.390 e. The summed E-state index contributed by atoms with van der Waals surface area (Å²) in [7, 11) is 0. The third kappa shape index (κ3) is 9.36. The van der Waals surface area contributed by atoms with Gasteiger partial charge in [-0.1, -0.05) is 80.4 Å². The molecule has 0 aliphatic heterocycles. The molecule has 1 N–H and O–H groups in total. The first-order valence-corrected chi connectivity index (χ1v) is 8.31. The predicted octanol–water partition coefficient (Wildman–Crippen LogP) is 5.42. The minimum atomic E-state index is -0.596. The quantitative estimate of drug-likeness (QED) is 0.706. The molecule has 0 radical (unpaired) electrons. The molecule has 1 heteroatoms. The zero-order valence-electron chi connectivity index (χ0n) is 14.3. The van der Waals surface area contributed by atoms with Crippen molar-refractivity contribution in [3.05, 3.63) is 71.8 Å². The van der Waals surface area contributed by atoms with Crippen molar-refractivity contribution in [2.75, 3.05) is 0 Å². The Morgan fingerprint density at radius 1 is 0.773 bits per heavy atom. The van der Waals surface area contributed by atoms with Crippen LogP contribution < -0.4 is 0 Å². The third-order valence-electron chi connectivity index (χ3n) is 3.39. The largest absolute Gasteiger partial charge is 0.390 e. The van der Waals surface area contributed by atoms with Crippen molar-refractivity contribution in [3.8, 4) is 0 Å². The van der Waals surface area contributed by atoms with Crippen LogP contribution in [-0.2, 0) is 12.8 Å². The summed E-state index contributed by atoms with van der Waals surface area (Å²) >= 11 is 0. The van der Waals surface area contributed by atoms with E-state index in [4.69, 9.17) is 0 Å². The zero-order valence-corrected chi connectivity index (χ0v) is 14.3. The van der Waals surface area contributed by atoms with Crippen molar-refractivity contribution in [1.82, 2.24) is 0 Å². The fraction of sp³-hybridized carbons (Fsp3) is 0.429. The maximum atomic E-state index is 9.47. The number of unbranched alkanes of at least 4 members (excludes halogenated alkanes) is 2. The molecule has 0 atom stereocenters. The Morgan fingerprint density at radius 3 is 1.73 bits per heavy atom. The van der Waals surface area contributed by atoms with Crippen molar-refractivity contribution in [1.29, 1.82) is 0 Å². The number of rotatable bonds is 6. The van der Waals surface area contributed by atoms with Gasteiger partial charge in [0.15, 0.2) is 0 Å². The van der Waals surface area contributed by atoms with Crippen LogP contribution in [0.1, 0.15) is 51.2 Å². The molecule has 0 aliphatic carbocycles. The second-order valence-electron chi connectivity index (χ2n) is 6.42. The van der Waals surface area contributed by atoms with Crippen molar-refractivity contribution >= 4 is 0 Å². The number of aliphatic hydroxyl groups is 1. The molecule has 0 saturated carbocycles. The van der Waals surface area contributed by atoms with E-state index in [1.165, 1.54) is 36.8 Å². The summed E-state index contributed by atoms with van der Waals surface area (Å²) in [5, 5.41) is 9.47. The minimum absolute atomic E-state index is 0.596.